The predicted octanol–water partition coefficient (Wildman–Crippen LogP) is -4.09. The third-order valence-corrected chi connectivity index (χ3v) is 0. The van der Waals surface area contributed by atoms with Gasteiger partial charge in [-0.1, -0.05) is 0 Å². The second-order valence-electron chi connectivity index (χ2n) is 0.192. The second kappa shape index (κ2) is 93.6. The summed E-state index contributed by atoms with van der Waals surface area (Å²) in [6.45, 7) is -1.00. The summed E-state index contributed by atoms with van der Waals surface area (Å²) in [7, 11) is 0. The van der Waals surface area contributed by atoms with Gasteiger partial charge in [-0.25, -0.2) is 0 Å². The molecule has 0 atom stereocenters. The Balaban J connectivity index is -0.0000000160. The molecule has 0 bridgehead atoms. The van der Waals surface area contributed by atoms with Gasteiger partial charge in [0, 0.05) is 12.9 Å². The first kappa shape index (κ1) is 26.1. The zero-order chi connectivity index (χ0) is 5.41. The van der Waals surface area contributed by atoms with Gasteiger partial charge >= 0.3 is 17.1 Å². The fourth-order valence-corrected chi connectivity index (χ4v) is 0. The van der Waals surface area contributed by atoms with Gasteiger partial charge in [-0.05, 0) is 0 Å². The number of rotatable bonds is 0. The molecule has 0 aliphatic carbocycles. The summed E-state index contributed by atoms with van der Waals surface area (Å²) >= 11 is 0. The summed E-state index contributed by atoms with van der Waals surface area (Å²) in [5, 5.41) is 16.5. The molecular weight excluding hydrogens is 160 g/mol. The van der Waals surface area contributed by atoms with E-state index in [0.29, 0.717) is 0 Å². The number of hydrogen-bond donors (Lipinski definition) is 0. The van der Waals surface area contributed by atoms with Gasteiger partial charge in [-0.3, -0.25) is 0 Å². The van der Waals surface area contributed by atoms with E-state index >= 15 is 0 Å². The maximum absolute atomic E-state index is 8.25. The Morgan fingerprint density at radius 2 is 1.00 bits per heavy atom. The second-order valence-corrected chi connectivity index (χ2v) is 0.192. The topological polar surface area (TPSA) is 112 Å². The molecule has 0 unspecified atom stereocenters. The van der Waals surface area contributed by atoms with E-state index in [9.17, 15) is 0 Å². The Labute approximate surface area is 56.1 Å². The SMILES string of the molecule is O.O=C[O-].O=C[O-].[Fe+2]. The van der Waals surface area contributed by atoms with Gasteiger partial charge < -0.3 is 25.3 Å². The van der Waals surface area contributed by atoms with Gasteiger partial charge in [0.1, 0.15) is 0 Å². The van der Waals surface area contributed by atoms with E-state index in [1.54, 1.807) is 0 Å². The van der Waals surface area contributed by atoms with Gasteiger partial charge in [-0.2, -0.15) is 0 Å². The first-order chi connectivity index (χ1) is 2.83. The summed E-state index contributed by atoms with van der Waals surface area (Å²) in [4.78, 5) is 16.5. The number of carbonyl (C=O) groups is 2. The number of carbonyl (C=O) groups excluding carboxylic acids is 2. The first-order valence-corrected chi connectivity index (χ1v) is 0.943. The molecular formula is C2H4FeO5. The average molecular weight is 164 g/mol. The van der Waals surface area contributed by atoms with Gasteiger partial charge in [0.15, 0.2) is 0 Å². The van der Waals surface area contributed by atoms with E-state index in [-0.39, 0.29) is 22.5 Å². The fraction of sp³-hybridized carbons (Fsp3) is 0. The van der Waals surface area contributed by atoms with Crippen LogP contribution in [0.5, 0.6) is 0 Å². The molecule has 0 aromatic rings. The molecule has 0 saturated carbocycles. The van der Waals surface area contributed by atoms with Gasteiger partial charge in [-0.15, -0.1) is 0 Å². The molecule has 8 heavy (non-hydrogen) atoms. The zero-order valence-corrected chi connectivity index (χ0v) is 4.75. The maximum atomic E-state index is 8.25. The summed E-state index contributed by atoms with van der Waals surface area (Å²) in [5.41, 5.74) is 0. The summed E-state index contributed by atoms with van der Waals surface area (Å²) in [5.74, 6) is 0. The molecule has 0 amide bonds. The molecule has 0 aromatic heterocycles. The van der Waals surface area contributed by atoms with Crippen LogP contribution >= 0.6 is 0 Å². The third kappa shape index (κ3) is 314. The van der Waals surface area contributed by atoms with Gasteiger partial charge in [0.25, 0.3) is 0 Å². The van der Waals surface area contributed by atoms with Crippen molar-refractivity contribution in [1.29, 1.82) is 0 Å². The fourth-order valence-electron chi connectivity index (χ4n) is 0. The van der Waals surface area contributed by atoms with Crippen molar-refractivity contribution >= 4 is 12.9 Å². The summed E-state index contributed by atoms with van der Waals surface area (Å²) in [6, 6.07) is 0. The van der Waals surface area contributed by atoms with Crippen LogP contribution < -0.4 is 10.2 Å². The number of carboxylic acid groups (broad SMARTS) is 2. The van der Waals surface area contributed by atoms with Crippen molar-refractivity contribution in [2.24, 2.45) is 0 Å². The van der Waals surface area contributed by atoms with Crippen LogP contribution in [0.15, 0.2) is 0 Å². The van der Waals surface area contributed by atoms with Gasteiger partial charge in [0.2, 0.25) is 0 Å². The van der Waals surface area contributed by atoms with Crippen LogP contribution in [0, 0.1) is 0 Å². The molecule has 0 heterocycles. The normalized spacial score (nSPS) is 3.00. The van der Waals surface area contributed by atoms with Crippen LogP contribution in [0.3, 0.4) is 0 Å². The van der Waals surface area contributed by atoms with Crippen LogP contribution in [-0.4, -0.2) is 18.4 Å². The zero-order valence-electron chi connectivity index (χ0n) is 3.64. The Morgan fingerprint density at radius 1 is 1.00 bits per heavy atom. The summed E-state index contributed by atoms with van der Waals surface area (Å²) in [6.07, 6.45) is 0. The Bertz CT molecular complexity index is 31.4. The van der Waals surface area contributed by atoms with Crippen molar-refractivity contribution in [3.63, 3.8) is 0 Å². The molecule has 0 aliphatic heterocycles. The molecule has 0 spiro atoms. The van der Waals surface area contributed by atoms with Crippen LogP contribution in [-0.2, 0) is 26.7 Å². The van der Waals surface area contributed by atoms with Crippen molar-refractivity contribution in [1.82, 2.24) is 0 Å². The van der Waals surface area contributed by atoms with Crippen molar-refractivity contribution in [2.75, 3.05) is 0 Å². The van der Waals surface area contributed by atoms with E-state index in [1.165, 1.54) is 0 Å². The molecule has 0 saturated heterocycles. The molecule has 50 valence electrons. The maximum Gasteiger partial charge on any atom is 2.00 e. The van der Waals surface area contributed by atoms with Crippen molar-refractivity contribution < 1.29 is 42.3 Å². The van der Waals surface area contributed by atoms with Crippen LogP contribution in [0.25, 0.3) is 0 Å². The molecule has 6 heteroatoms. The molecule has 0 aromatic carbocycles. The number of hydrogen-bond acceptors (Lipinski definition) is 4. The third-order valence-electron chi connectivity index (χ3n) is 0. The van der Waals surface area contributed by atoms with Crippen LogP contribution in [0.2, 0.25) is 0 Å². The first-order valence-electron chi connectivity index (χ1n) is 0.943. The predicted molar refractivity (Wildman–Crippen MR) is 15.7 cm³/mol. The van der Waals surface area contributed by atoms with E-state index < -0.39 is 12.9 Å². The van der Waals surface area contributed by atoms with E-state index in [1.807, 2.05) is 0 Å². The minimum absolute atomic E-state index is 0. The van der Waals surface area contributed by atoms with E-state index in [4.69, 9.17) is 19.8 Å². The van der Waals surface area contributed by atoms with Crippen molar-refractivity contribution in [3.05, 3.63) is 0 Å². The Kier molecular flexibility index (Phi) is 306. The molecule has 0 radical (unpaired) electrons. The summed E-state index contributed by atoms with van der Waals surface area (Å²) < 4.78 is 0. The van der Waals surface area contributed by atoms with E-state index in [2.05, 4.69) is 0 Å². The smallest absolute Gasteiger partial charge is 0.554 e. The Hall–Kier alpha value is -0.581. The van der Waals surface area contributed by atoms with Crippen molar-refractivity contribution in [2.45, 2.75) is 0 Å². The largest absolute Gasteiger partial charge is 2.00 e. The average Bonchev–Trinajstić information content (AvgIpc) is 1.39. The molecule has 2 N–H and O–H groups in total. The molecule has 0 fully saturated rings. The van der Waals surface area contributed by atoms with E-state index in [0.717, 1.165) is 0 Å². The molecule has 0 aliphatic rings. The standard InChI is InChI=1S/2CH2O2.Fe.H2O/c2*2-1-3;;/h2*1H,(H,2,3);;1H2/q;;+2;/p-2. The minimum Gasteiger partial charge on any atom is -0.554 e. The van der Waals surface area contributed by atoms with Crippen molar-refractivity contribution in [3.8, 4) is 0 Å². The Morgan fingerprint density at radius 3 is 1.00 bits per heavy atom. The molecule has 0 rings (SSSR count). The molecule has 5 nitrogen and oxygen atoms in total. The monoisotopic (exact) mass is 164 g/mol. The van der Waals surface area contributed by atoms with Gasteiger partial charge in [0.05, 0.1) is 0 Å². The van der Waals surface area contributed by atoms with Crippen LogP contribution in [0.1, 0.15) is 0 Å². The quantitative estimate of drug-likeness (QED) is 0.267. The minimum atomic E-state index is -0.500. The van der Waals surface area contributed by atoms with Crippen LogP contribution in [0.4, 0.5) is 0 Å².